The van der Waals surface area contributed by atoms with Crippen LogP contribution >= 0.6 is 27.5 Å². The lowest BCUT2D eigenvalue weighted by Gasteiger charge is -2.24. The van der Waals surface area contributed by atoms with Crippen molar-refractivity contribution in [2.24, 2.45) is 5.10 Å². The third-order valence-electron chi connectivity index (χ3n) is 4.59. The number of sulfonamides is 1. The minimum atomic E-state index is -4.07. The van der Waals surface area contributed by atoms with Crippen molar-refractivity contribution in [3.05, 3.63) is 87.4 Å². The highest BCUT2D eigenvalue weighted by molar-refractivity contribution is 9.10. The average Bonchev–Trinajstić information content (AvgIpc) is 2.79. The van der Waals surface area contributed by atoms with Gasteiger partial charge in [-0.3, -0.25) is 9.10 Å². The molecule has 0 heterocycles. The lowest BCUT2D eigenvalue weighted by Crippen LogP contribution is -2.39. The lowest BCUT2D eigenvalue weighted by molar-refractivity contribution is -0.119. The van der Waals surface area contributed by atoms with Crippen molar-refractivity contribution in [2.75, 3.05) is 18.0 Å². The quantitative estimate of drug-likeness (QED) is 0.323. The molecule has 0 radical (unpaired) electrons. The smallest absolute Gasteiger partial charge is 0.264 e. The fraction of sp³-hybridized carbons (Fsp3) is 0.130. The summed E-state index contributed by atoms with van der Waals surface area (Å²) in [4.78, 5) is 12.6. The first-order chi connectivity index (χ1) is 15.7. The van der Waals surface area contributed by atoms with Gasteiger partial charge >= 0.3 is 0 Å². The van der Waals surface area contributed by atoms with E-state index in [0.717, 1.165) is 15.4 Å². The highest BCUT2D eigenvalue weighted by Gasteiger charge is 2.28. The van der Waals surface area contributed by atoms with E-state index in [4.69, 9.17) is 16.3 Å². The van der Waals surface area contributed by atoms with Crippen LogP contribution in [-0.4, -0.2) is 34.2 Å². The summed E-state index contributed by atoms with van der Waals surface area (Å²) in [5, 5.41) is 4.49. The zero-order chi connectivity index (χ0) is 24.0. The van der Waals surface area contributed by atoms with Gasteiger partial charge in [-0.1, -0.05) is 41.4 Å². The standard InChI is InChI=1S/C23H21BrClN3O4S/c1-16-3-9-19(10-4-16)28(33(30,31)20-11-12-22(32-2)21(24)13-20)15-23(29)27-26-14-17-5-7-18(25)8-6-17/h3-14H,15H2,1-2H3,(H,27,29)/b26-14-. The second kappa shape index (κ2) is 10.8. The van der Waals surface area contributed by atoms with Gasteiger partial charge in [-0.2, -0.15) is 5.10 Å². The summed E-state index contributed by atoms with van der Waals surface area (Å²) in [6, 6.07) is 18.1. The van der Waals surface area contributed by atoms with Crippen molar-refractivity contribution in [3.63, 3.8) is 0 Å². The molecule has 0 atom stereocenters. The Balaban J connectivity index is 1.86. The van der Waals surface area contributed by atoms with Gasteiger partial charge in [-0.15, -0.1) is 0 Å². The molecule has 172 valence electrons. The summed E-state index contributed by atoms with van der Waals surface area (Å²) in [5.41, 5.74) is 4.41. The number of anilines is 1. The molecular formula is C23H21BrClN3O4S. The van der Waals surface area contributed by atoms with Crippen LogP contribution in [0.3, 0.4) is 0 Å². The Morgan fingerprint density at radius 2 is 1.79 bits per heavy atom. The highest BCUT2D eigenvalue weighted by Crippen LogP contribution is 2.30. The molecule has 3 aromatic rings. The van der Waals surface area contributed by atoms with Crippen LogP contribution in [-0.2, 0) is 14.8 Å². The number of hydrazone groups is 1. The predicted molar refractivity (Wildman–Crippen MR) is 134 cm³/mol. The van der Waals surface area contributed by atoms with E-state index in [-0.39, 0.29) is 4.90 Å². The van der Waals surface area contributed by atoms with Crippen LogP contribution in [0.2, 0.25) is 5.02 Å². The van der Waals surface area contributed by atoms with Crippen LogP contribution in [0, 0.1) is 6.92 Å². The van der Waals surface area contributed by atoms with Crippen LogP contribution in [0.1, 0.15) is 11.1 Å². The fourth-order valence-electron chi connectivity index (χ4n) is 2.85. The fourth-order valence-corrected chi connectivity index (χ4v) is 5.12. The number of carbonyl (C=O) groups is 1. The predicted octanol–water partition coefficient (Wildman–Crippen LogP) is 4.77. The number of methoxy groups -OCH3 is 1. The van der Waals surface area contributed by atoms with Crippen molar-refractivity contribution >= 4 is 55.4 Å². The Bertz CT molecular complexity index is 1260. The normalized spacial score (nSPS) is 11.4. The Morgan fingerprint density at radius 3 is 2.39 bits per heavy atom. The van der Waals surface area contributed by atoms with E-state index in [9.17, 15) is 13.2 Å². The maximum atomic E-state index is 13.5. The summed E-state index contributed by atoms with van der Waals surface area (Å²) in [6.45, 7) is 1.42. The van der Waals surface area contributed by atoms with Crippen LogP contribution in [0.15, 0.2) is 81.2 Å². The van der Waals surface area contributed by atoms with E-state index < -0.39 is 22.5 Å². The summed E-state index contributed by atoms with van der Waals surface area (Å²) in [6.07, 6.45) is 1.44. The molecule has 10 heteroatoms. The van der Waals surface area contributed by atoms with Gasteiger partial charge in [0, 0.05) is 5.02 Å². The van der Waals surface area contributed by atoms with Gasteiger partial charge in [0.25, 0.3) is 15.9 Å². The number of rotatable bonds is 8. The summed E-state index contributed by atoms with van der Waals surface area (Å²) in [5.74, 6) is -0.109. The maximum absolute atomic E-state index is 13.5. The highest BCUT2D eigenvalue weighted by atomic mass is 79.9. The van der Waals surface area contributed by atoms with Gasteiger partial charge in [-0.05, 0) is 70.9 Å². The van der Waals surface area contributed by atoms with Crippen molar-refractivity contribution in [1.82, 2.24) is 5.43 Å². The molecule has 0 aromatic heterocycles. The van der Waals surface area contributed by atoms with Crippen LogP contribution < -0.4 is 14.5 Å². The molecule has 0 saturated heterocycles. The monoisotopic (exact) mass is 549 g/mol. The van der Waals surface area contributed by atoms with E-state index >= 15 is 0 Å². The molecule has 3 aromatic carbocycles. The third kappa shape index (κ3) is 6.34. The lowest BCUT2D eigenvalue weighted by atomic mass is 10.2. The molecule has 0 aliphatic rings. The number of amides is 1. The molecule has 0 aliphatic heterocycles. The number of nitrogens with one attached hydrogen (secondary N) is 1. The molecule has 0 saturated carbocycles. The van der Waals surface area contributed by atoms with E-state index in [1.54, 1.807) is 54.6 Å². The number of nitrogens with zero attached hydrogens (tertiary/aromatic N) is 2. The third-order valence-corrected chi connectivity index (χ3v) is 7.23. The molecule has 33 heavy (non-hydrogen) atoms. The van der Waals surface area contributed by atoms with Gasteiger partial charge in [0.15, 0.2) is 0 Å². The van der Waals surface area contributed by atoms with E-state index in [1.807, 2.05) is 6.92 Å². The molecule has 0 unspecified atom stereocenters. The van der Waals surface area contributed by atoms with Crippen molar-refractivity contribution in [3.8, 4) is 5.75 Å². The molecule has 0 fully saturated rings. The molecule has 0 bridgehead atoms. The topological polar surface area (TPSA) is 88.1 Å². The summed E-state index contributed by atoms with van der Waals surface area (Å²) >= 11 is 9.17. The van der Waals surface area contributed by atoms with Crippen LogP contribution in [0.25, 0.3) is 0 Å². The Hall–Kier alpha value is -2.88. The number of aryl methyl sites for hydroxylation is 1. The first-order valence-electron chi connectivity index (χ1n) is 9.71. The molecule has 0 aliphatic carbocycles. The first-order valence-corrected chi connectivity index (χ1v) is 12.3. The largest absolute Gasteiger partial charge is 0.496 e. The Labute approximate surface area is 206 Å². The number of carbonyl (C=O) groups excluding carboxylic acids is 1. The number of benzene rings is 3. The Morgan fingerprint density at radius 1 is 1.12 bits per heavy atom. The van der Waals surface area contributed by atoms with E-state index in [0.29, 0.717) is 20.9 Å². The van der Waals surface area contributed by atoms with E-state index in [2.05, 4.69) is 26.5 Å². The molecule has 1 N–H and O–H groups in total. The van der Waals surface area contributed by atoms with Crippen molar-refractivity contribution in [1.29, 1.82) is 0 Å². The number of hydrogen-bond acceptors (Lipinski definition) is 5. The summed E-state index contributed by atoms with van der Waals surface area (Å²) < 4.78 is 33.6. The first kappa shape index (κ1) is 24.8. The average molecular weight is 551 g/mol. The van der Waals surface area contributed by atoms with Gasteiger partial charge in [0.05, 0.1) is 28.4 Å². The van der Waals surface area contributed by atoms with E-state index in [1.165, 1.54) is 25.5 Å². The van der Waals surface area contributed by atoms with Crippen LogP contribution in [0.4, 0.5) is 5.69 Å². The molecule has 1 amide bonds. The zero-order valence-electron chi connectivity index (χ0n) is 17.8. The molecule has 3 rings (SSSR count). The zero-order valence-corrected chi connectivity index (χ0v) is 21.0. The number of hydrogen-bond donors (Lipinski definition) is 1. The molecule has 0 spiro atoms. The SMILES string of the molecule is COc1ccc(S(=O)(=O)N(CC(=O)N/N=C\c2ccc(Cl)cc2)c2ccc(C)cc2)cc1Br. The second-order valence-corrected chi connectivity index (χ2v) is 10.1. The van der Waals surface area contributed by atoms with Gasteiger partial charge < -0.3 is 4.74 Å². The summed E-state index contributed by atoms with van der Waals surface area (Å²) in [7, 11) is -2.58. The van der Waals surface area contributed by atoms with Gasteiger partial charge in [0.2, 0.25) is 0 Å². The number of halogens is 2. The maximum Gasteiger partial charge on any atom is 0.264 e. The Kier molecular flexibility index (Phi) is 8.12. The van der Waals surface area contributed by atoms with Crippen molar-refractivity contribution < 1.29 is 17.9 Å². The van der Waals surface area contributed by atoms with Crippen LogP contribution in [0.5, 0.6) is 5.75 Å². The van der Waals surface area contributed by atoms with Crippen molar-refractivity contribution in [2.45, 2.75) is 11.8 Å². The molecule has 7 nitrogen and oxygen atoms in total. The molecular weight excluding hydrogens is 530 g/mol. The minimum Gasteiger partial charge on any atom is -0.496 e. The van der Waals surface area contributed by atoms with Gasteiger partial charge in [0.1, 0.15) is 12.3 Å². The number of ether oxygens (including phenoxy) is 1. The van der Waals surface area contributed by atoms with Gasteiger partial charge in [-0.25, -0.2) is 13.8 Å². The minimum absolute atomic E-state index is 0.00761. The second-order valence-electron chi connectivity index (χ2n) is 6.99.